The van der Waals surface area contributed by atoms with Gasteiger partial charge in [0.05, 0.1) is 11.9 Å². The molecule has 2 amide bonds. The SMILES string of the molecule is O=C(Nc1cccnc1)N1CCC(Oc2ccc(Cl)cc2)CC1. The first-order valence-corrected chi connectivity index (χ1v) is 7.97. The molecule has 1 fully saturated rings. The summed E-state index contributed by atoms with van der Waals surface area (Å²) in [4.78, 5) is 18.0. The van der Waals surface area contributed by atoms with E-state index in [0.717, 1.165) is 18.6 Å². The number of aromatic nitrogens is 1. The van der Waals surface area contributed by atoms with Gasteiger partial charge in [0.15, 0.2) is 0 Å². The number of carbonyl (C=O) groups is 1. The Kier molecular flexibility index (Phi) is 4.98. The Labute approximate surface area is 140 Å². The third kappa shape index (κ3) is 4.36. The molecule has 120 valence electrons. The summed E-state index contributed by atoms with van der Waals surface area (Å²) in [6.45, 7) is 1.34. The number of carbonyl (C=O) groups excluding carboxylic acids is 1. The summed E-state index contributed by atoms with van der Waals surface area (Å²) < 4.78 is 5.93. The number of amides is 2. The smallest absolute Gasteiger partial charge is 0.321 e. The molecule has 2 heterocycles. The molecule has 6 heteroatoms. The third-order valence-corrected chi connectivity index (χ3v) is 4.01. The molecule has 3 rings (SSSR count). The average Bonchev–Trinajstić information content (AvgIpc) is 2.58. The Morgan fingerprint density at radius 1 is 1.22 bits per heavy atom. The third-order valence-electron chi connectivity index (χ3n) is 3.76. The summed E-state index contributed by atoms with van der Waals surface area (Å²) in [5.74, 6) is 0.813. The molecule has 0 unspecified atom stereocenters. The quantitative estimate of drug-likeness (QED) is 0.930. The van der Waals surface area contributed by atoms with Gasteiger partial charge in [-0.3, -0.25) is 4.98 Å². The number of urea groups is 1. The Bertz CT molecular complexity index is 641. The molecule has 1 aliphatic rings. The summed E-state index contributed by atoms with van der Waals surface area (Å²) in [6, 6.07) is 10.9. The molecule has 0 aliphatic carbocycles. The lowest BCUT2D eigenvalue weighted by atomic mass is 10.1. The molecule has 5 nitrogen and oxygen atoms in total. The second-order valence-corrected chi connectivity index (χ2v) is 5.87. The number of rotatable bonds is 3. The highest BCUT2D eigenvalue weighted by Crippen LogP contribution is 2.21. The second kappa shape index (κ2) is 7.33. The fourth-order valence-corrected chi connectivity index (χ4v) is 2.65. The number of likely N-dealkylation sites (tertiary alicyclic amines) is 1. The number of pyridine rings is 1. The zero-order valence-corrected chi connectivity index (χ0v) is 13.4. The monoisotopic (exact) mass is 331 g/mol. The topological polar surface area (TPSA) is 54.5 Å². The predicted molar refractivity (Wildman–Crippen MR) is 89.9 cm³/mol. The lowest BCUT2D eigenvalue weighted by Crippen LogP contribution is -2.43. The maximum atomic E-state index is 12.2. The van der Waals surface area contributed by atoms with E-state index in [9.17, 15) is 4.79 Å². The zero-order valence-electron chi connectivity index (χ0n) is 12.6. The van der Waals surface area contributed by atoms with Gasteiger partial charge in [0.25, 0.3) is 0 Å². The van der Waals surface area contributed by atoms with Gasteiger partial charge >= 0.3 is 6.03 Å². The number of piperidine rings is 1. The van der Waals surface area contributed by atoms with Crippen LogP contribution >= 0.6 is 11.6 Å². The highest BCUT2D eigenvalue weighted by molar-refractivity contribution is 6.30. The number of benzene rings is 1. The Morgan fingerprint density at radius 2 is 1.96 bits per heavy atom. The molecule has 1 saturated heterocycles. The van der Waals surface area contributed by atoms with Crippen LogP contribution in [0.25, 0.3) is 0 Å². The van der Waals surface area contributed by atoms with Crippen molar-refractivity contribution in [3.63, 3.8) is 0 Å². The largest absolute Gasteiger partial charge is 0.490 e. The summed E-state index contributed by atoms with van der Waals surface area (Å²) in [7, 11) is 0. The van der Waals surface area contributed by atoms with Gasteiger partial charge in [-0.25, -0.2) is 4.79 Å². The minimum absolute atomic E-state index is 0.0945. The molecule has 1 N–H and O–H groups in total. The fraction of sp³-hybridized carbons (Fsp3) is 0.294. The lowest BCUT2D eigenvalue weighted by molar-refractivity contribution is 0.115. The van der Waals surface area contributed by atoms with Crippen LogP contribution in [0.3, 0.4) is 0 Å². The van der Waals surface area contributed by atoms with Crippen molar-refractivity contribution in [3.05, 3.63) is 53.8 Å². The molecule has 0 saturated carbocycles. The van der Waals surface area contributed by atoms with E-state index in [4.69, 9.17) is 16.3 Å². The highest BCUT2D eigenvalue weighted by atomic mass is 35.5. The van der Waals surface area contributed by atoms with Crippen molar-refractivity contribution in [2.75, 3.05) is 18.4 Å². The van der Waals surface area contributed by atoms with E-state index in [-0.39, 0.29) is 12.1 Å². The van der Waals surface area contributed by atoms with E-state index < -0.39 is 0 Å². The van der Waals surface area contributed by atoms with Crippen LogP contribution in [0.1, 0.15) is 12.8 Å². The highest BCUT2D eigenvalue weighted by Gasteiger charge is 2.24. The minimum atomic E-state index is -0.0945. The van der Waals surface area contributed by atoms with E-state index in [2.05, 4.69) is 10.3 Å². The predicted octanol–water partition coefficient (Wildman–Crippen LogP) is 3.81. The van der Waals surface area contributed by atoms with Gasteiger partial charge in [0.1, 0.15) is 11.9 Å². The van der Waals surface area contributed by atoms with Gasteiger partial charge < -0.3 is 15.0 Å². The van der Waals surface area contributed by atoms with E-state index in [1.54, 1.807) is 23.4 Å². The standard InChI is InChI=1S/C17H18ClN3O2/c18-13-3-5-15(6-4-13)23-16-7-10-21(11-8-16)17(22)20-14-2-1-9-19-12-14/h1-6,9,12,16H,7-8,10-11H2,(H,20,22). The normalized spacial score (nSPS) is 15.3. The summed E-state index contributed by atoms with van der Waals surface area (Å²) in [6.07, 6.45) is 5.05. The van der Waals surface area contributed by atoms with E-state index in [0.29, 0.717) is 23.8 Å². The molecule has 0 radical (unpaired) electrons. The molecular weight excluding hydrogens is 314 g/mol. The molecule has 0 spiro atoms. The van der Waals surface area contributed by atoms with Crippen LogP contribution in [0.2, 0.25) is 5.02 Å². The number of hydrogen-bond donors (Lipinski definition) is 1. The van der Waals surface area contributed by atoms with Crippen molar-refractivity contribution >= 4 is 23.3 Å². The molecule has 1 aromatic carbocycles. The second-order valence-electron chi connectivity index (χ2n) is 5.43. The van der Waals surface area contributed by atoms with Crippen LogP contribution in [0.5, 0.6) is 5.75 Å². The molecule has 1 aliphatic heterocycles. The molecule has 1 aromatic heterocycles. The first-order chi connectivity index (χ1) is 11.2. The van der Waals surface area contributed by atoms with Crippen LogP contribution in [-0.2, 0) is 0 Å². The number of ether oxygens (including phenoxy) is 1. The van der Waals surface area contributed by atoms with Gasteiger partial charge in [-0.1, -0.05) is 11.6 Å². The van der Waals surface area contributed by atoms with Gasteiger partial charge in [-0.15, -0.1) is 0 Å². The summed E-state index contributed by atoms with van der Waals surface area (Å²) in [5, 5.41) is 3.55. The van der Waals surface area contributed by atoms with Crippen molar-refractivity contribution in [1.29, 1.82) is 0 Å². The number of hydrogen-bond acceptors (Lipinski definition) is 3. The van der Waals surface area contributed by atoms with Gasteiger partial charge in [0.2, 0.25) is 0 Å². The van der Waals surface area contributed by atoms with E-state index in [1.165, 1.54) is 0 Å². The maximum Gasteiger partial charge on any atom is 0.321 e. The fourth-order valence-electron chi connectivity index (χ4n) is 2.52. The van der Waals surface area contributed by atoms with Crippen LogP contribution in [0, 0.1) is 0 Å². The maximum absolute atomic E-state index is 12.2. The average molecular weight is 332 g/mol. The van der Waals surface area contributed by atoms with Crippen molar-refractivity contribution in [2.45, 2.75) is 18.9 Å². The van der Waals surface area contributed by atoms with Gasteiger partial charge in [-0.05, 0) is 36.4 Å². The number of nitrogens with one attached hydrogen (secondary N) is 1. The van der Waals surface area contributed by atoms with Crippen molar-refractivity contribution in [2.24, 2.45) is 0 Å². The first-order valence-electron chi connectivity index (χ1n) is 7.59. The molecule has 23 heavy (non-hydrogen) atoms. The molecule has 0 bridgehead atoms. The Morgan fingerprint density at radius 3 is 2.61 bits per heavy atom. The number of halogens is 1. The van der Waals surface area contributed by atoms with Crippen LogP contribution < -0.4 is 10.1 Å². The van der Waals surface area contributed by atoms with Crippen molar-refractivity contribution in [3.8, 4) is 5.75 Å². The molecular formula is C17H18ClN3O2. The van der Waals surface area contributed by atoms with Crippen LogP contribution in [-0.4, -0.2) is 35.1 Å². The van der Waals surface area contributed by atoms with Crippen molar-refractivity contribution in [1.82, 2.24) is 9.88 Å². The molecule has 0 atom stereocenters. The first kappa shape index (κ1) is 15.6. The lowest BCUT2D eigenvalue weighted by Gasteiger charge is -2.32. The Hall–Kier alpha value is -2.27. The van der Waals surface area contributed by atoms with E-state index >= 15 is 0 Å². The molecule has 2 aromatic rings. The van der Waals surface area contributed by atoms with Gasteiger partial charge in [-0.2, -0.15) is 0 Å². The van der Waals surface area contributed by atoms with Gasteiger partial charge in [0, 0.05) is 37.2 Å². The number of anilines is 1. The zero-order chi connectivity index (χ0) is 16.1. The number of nitrogens with zero attached hydrogens (tertiary/aromatic N) is 2. The van der Waals surface area contributed by atoms with Crippen LogP contribution in [0.4, 0.5) is 10.5 Å². The summed E-state index contributed by atoms with van der Waals surface area (Å²) in [5.41, 5.74) is 0.706. The van der Waals surface area contributed by atoms with Crippen LogP contribution in [0.15, 0.2) is 48.8 Å². The van der Waals surface area contributed by atoms with E-state index in [1.807, 2.05) is 30.3 Å². The minimum Gasteiger partial charge on any atom is -0.490 e. The Balaban J connectivity index is 1.48. The van der Waals surface area contributed by atoms with Crippen molar-refractivity contribution < 1.29 is 9.53 Å². The summed E-state index contributed by atoms with van der Waals surface area (Å²) >= 11 is 5.86.